The second-order valence-electron chi connectivity index (χ2n) is 5.38. The van der Waals surface area contributed by atoms with Gasteiger partial charge < -0.3 is 0 Å². The van der Waals surface area contributed by atoms with Crippen LogP contribution in [0.15, 0.2) is 39.9 Å². The van der Waals surface area contributed by atoms with Crippen molar-refractivity contribution in [1.29, 1.82) is 0 Å². The van der Waals surface area contributed by atoms with Crippen molar-refractivity contribution in [3.8, 4) is 0 Å². The number of rotatable bonds is 3. The SMILES string of the molecule is C=N/C(C)=N\C1=C(c2cccc(C(C)C)c2)CCC1. The topological polar surface area (TPSA) is 24.7 Å². The summed E-state index contributed by atoms with van der Waals surface area (Å²) in [4.78, 5) is 8.49. The smallest absolute Gasteiger partial charge is 0.124 e. The molecule has 0 amide bonds. The summed E-state index contributed by atoms with van der Waals surface area (Å²) in [5, 5.41) is 0. The molecular weight excluding hydrogens is 232 g/mol. The van der Waals surface area contributed by atoms with Crippen molar-refractivity contribution in [2.75, 3.05) is 0 Å². The molecule has 0 unspecified atom stereocenters. The number of nitrogens with zero attached hydrogens (tertiary/aromatic N) is 2. The number of benzene rings is 1. The normalized spacial score (nSPS) is 16.3. The van der Waals surface area contributed by atoms with E-state index in [1.54, 1.807) is 0 Å². The van der Waals surface area contributed by atoms with E-state index in [9.17, 15) is 0 Å². The predicted molar refractivity (Wildman–Crippen MR) is 84.0 cm³/mol. The summed E-state index contributed by atoms with van der Waals surface area (Å²) in [5.74, 6) is 1.32. The molecule has 0 N–H and O–H groups in total. The van der Waals surface area contributed by atoms with E-state index < -0.39 is 0 Å². The van der Waals surface area contributed by atoms with Gasteiger partial charge in [-0.25, -0.2) is 9.98 Å². The molecule has 0 aromatic heterocycles. The largest absolute Gasteiger partial charge is 0.250 e. The Morgan fingerprint density at radius 3 is 2.74 bits per heavy atom. The Kier molecular flexibility index (Phi) is 4.31. The molecule has 1 aromatic carbocycles. The Bertz CT molecular complexity index is 536. The van der Waals surface area contributed by atoms with E-state index >= 15 is 0 Å². The van der Waals surface area contributed by atoms with Crippen LogP contribution in [0.25, 0.3) is 5.57 Å². The Morgan fingerprint density at radius 2 is 2.05 bits per heavy atom. The highest BCUT2D eigenvalue weighted by Crippen LogP contribution is 2.35. The molecule has 2 nitrogen and oxygen atoms in total. The lowest BCUT2D eigenvalue weighted by atomic mass is 9.97. The molecule has 0 radical (unpaired) electrons. The first-order chi connectivity index (χ1) is 9.11. The van der Waals surface area contributed by atoms with Gasteiger partial charge >= 0.3 is 0 Å². The highest BCUT2D eigenvalue weighted by Gasteiger charge is 2.16. The van der Waals surface area contributed by atoms with Crippen LogP contribution in [0.1, 0.15) is 57.1 Å². The second kappa shape index (κ2) is 5.96. The molecule has 0 fully saturated rings. The van der Waals surface area contributed by atoms with E-state index in [1.807, 2.05) is 6.92 Å². The zero-order chi connectivity index (χ0) is 13.8. The van der Waals surface area contributed by atoms with Gasteiger partial charge in [0, 0.05) is 5.70 Å². The van der Waals surface area contributed by atoms with Gasteiger partial charge in [0.2, 0.25) is 0 Å². The summed E-state index contributed by atoms with van der Waals surface area (Å²) in [6.07, 6.45) is 3.35. The average Bonchev–Trinajstić information content (AvgIpc) is 2.86. The fraction of sp³-hybridized carbons (Fsp3) is 0.412. The zero-order valence-corrected chi connectivity index (χ0v) is 12.1. The Hall–Kier alpha value is -1.70. The van der Waals surface area contributed by atoms with E-state index in [1.165, 1.54) is 28.8 Å². The molecule has 1 aromatic rings. The first-order valence-corrected chi connectivity index (χ1v) is 6.96. The molecule has 0 atom stereocenters. The van der Waals surface area contributed by atoms with Crippen LogP contribution < -0.4 is 0 Å². The van der Waals surface area contributed by atoms with Gasteiger partial charge in [0.05, 0.1) is 0 Å². The number of hydrogen-bond acceptors (Lipinski definition) is 1. The maximum absolute atomic E-state index is 4.59. The number of hydrogen-bond donors (Lipinski definition) is 0. The summed E-state index contributed by atoms with van der Waals surface area (Å²) in [6, 6.07) is 8.84. The minimum absolute atomic E-state index is 0.561. The van der Waals surface area contributed by atoms with Crippen LogP contribution >= 0.6 is 0 Å². The monoisotopic (exact) mass is 254 g/mol. The first kappa shape index (κ1) is 13.7. The van der Waals surface area contributed by atoms with Crippen LogP contribution in [0.2, 0.25) is 0 Å². The molecule has 0 saturated heterocycles. The van der Waals surface area contributed by atoms with Crippen LogP contribution in [0, 0.1) is 0 Å². The molecule has 1 aliphatic carbocycles. The van der Waals surface area contributed by atoms with Gasteiger partial charge in [-0.3, -0.25) is 0 Å². The fourth-order valence-electron chi connectivity index (χ4n) is 2.48. The summed E-state index contributed by atoms with van der Waals surface area (Å²) < 4.78 is 0. The van der Waals surface area contributed by atoms with Crippen molar-refractivity contribution >= 4 is 18.1 Å². The van der Waals surface area contributed by atoms with E-state index in [0.717, 1.165) is 18.7 Å². The minimum atomic E-state index is 0.561. The highest BCUT2D eigenvalue weighted by molar-refractivity contribution is 5.86. The van der Waals surface area contributed by atoms with Crippen molar-refractivity contribution in [2.24, 2.45) is 9.98 Å². The maximum Gasteiger partial charge on any atom is 0.124 e. The van der Waals surface area contributed by atoms with E-state index in [0.29, 0.717) is 5.92 Å². The fourth-order valence-corrected chi connectivity index (χ4v) is 2.48. The number of allylic oxidation sites excluding steroid dienone is 2. The lowest BCUT2D eigenvalue weighted by molar-refractivity contribution is 0.865. The molecular formula is C17H22N2. The molecule has 0 bridgehead atoms. The first-order valence-electron chi connectivity index (χ1n) is 6.96. The lowest BCUT2D eigenvalue weighted by Gasteiger charge is -2.10. The molecule has 0 aliphatic heterocycles. The summed E-state index contributed by atoms with van der Waals surface area (Å²) >= 11 is 0. The van der Waals surface area contributed by atoms with Crippen LogP contribution in [0.3, 0.4) is 0 Å². The summed E-state index contributed by atoms with van der Waals surface area (Å²) in [7, 11) is 0. The van der Waals surface area contributed by atoms with Crippen LogP contribution in [-0.2, 0) is 0 Å². The van der Waals surface area contributed by atoms with Crippen molar-refractivity contribution in [2.45, 2.75) is 46.0 Å². The molecule has 1 aliphatic rings. The predicted octanol–water partition coefficient (Wildman–Crippen LogP) is 4.82. The quantitative estimate of drug-likeness (QED) is 0.545. The minimum Gasteiger partial charge on any atom is -0.250 e. The van der Waals surface area contributed by atoms with E-state index in [4.69, 9.17) is 0 Å². The van der Waals surface area contributed by atoms with Crippen molar-refractivity contribution in [3.63, 3.8) is 0 Å². The van der Waals surface area contributed by atoms with Gasteiger partial charge in [0.25, 0.3) is 0 Å². The highest BCUT2D eigenvalue weighted by atomic mass is 14.9. The van der Waals surface area contributed by atoms with E-state index in [-0.39, 0.29) is 0 Å². The van der Waals surface area contributed by atoms with Gasteiger partial charge in [-0.1, -0.05) is 38.1 Å². The maximum atomic E-state index is 4.59. The molecule has 2 heteroatoms. The molecule has 2 rings (SSSR count). The molecule has 0 spiro atoms. The van der Waals surface area contributed by atoms with Crippen LogP contribution in [-0.4, -0.2) is 12.6 Å². The third-order valence-electron chi connectivity index (χ3n) is 3.62. The Morgan fingerprint density at radius 1 is 1.26 bits per heavy atom. The van der Waals surface area contributed by atoms with Crippen LogP contribution in [0.5, 0.6) is 0 Å². The summed E-state index contributed by atoms with van der Waals surface area (Å²) in [5.41, 5.74) is 5.27. The standard InChI is InChI=1S/C17H22N2/c1-12(2)14-7-5-8-15(11-14)16-9-6-10-17(16)19-13(3)18-4/h5,7-8,11-12H,4,6,9-10H2,1-3H3/b19-13-. The van der Waals surface area contributed by atoms with Gasteiger partial charge in [0.1, 0.15) is 5.84 Å². The average molecular weight is 254 g/mol. The van der Waals surface area contributed by atoms with Crippen LogP contribution in [0.4, 0.5) is 0 Å². The van der Waals surface area contributed by atoms with Crippen molar-refractivity contribution < 1.29 is 0 Å². The Balaban J connectivity index is 2.41. The Labute approximate surface area is 116 Å². The summed E-state index contributed by atoms with van der Waals surface area (Å²) in [6.45, 7) is 9.90. The van der Waals surface area contributed by atoms with Gasteiger partial charge in [-0.05, 0) is 55.5 Å². The van der Waals surface area contributed by atoms with Crippen molar-refractivity contribution in [3.05, 3.63) is 41.1 Å². The molecule has 0 saturated carbocycles. The third kappa shape index (κ3) is 3.19. The lowest BCUT2D eigenvalue weighted by Crippen LogP contribution is -1.91. The third-order valence-corrected chi connectivity index (χ3v) is 3.62. The number of amidine groups is 1. The van der Waals surface area contributed by atoms with Crippen molar-refractivity contribution in [1.82, 2.24) is 0 Å². The second-order valence-corrected chi connectivity index (χ2v) is 5.38. The van der Waals surface area contributed by atoms with Gasteiger partial charge in [-0.2, -0.15) is 0 Å². The van der Waals surface area contributed by atoms with E-state index in [2.05, 4.69) is 54.8 Å². The molecule has 100 valence electrons. The number of aliphatic imine (C=N–C) groups is 2. The molecule has 0 heterocycles. The van der Waals surface area contributed by atoms with Gasteiger partial charge in [-0.15, -0.1) is 0 Å². The van der Waals surface area contributed by atoms with Gasteiger partial charge in [0.15, 0.2) is 0 Å². The zero-order valence-electron chi connectivity index (χ0n) is 12.1. The molecule has 19 heavy (non-hydrogen) atoms.